The van der Waals surface area contributed by atoms with Gasteiger partial charge in [-0.15, -0.1) is 12.4 Å². The largest absolute Gasteiger partial charge is 0.392 e. The third kappa shape index (κ3) is 3.33. The predicted molar refractivity (Wildman–Crippen MR) is 59.9 cm³/mol. The van der Waals surface area contributed by atoms with Crippen LogP contribution in [0.1, 0.15) is 19.8 Å². The zero-order chi connectivity index (χ0) is 10.1. The van der Waals surface area contributed by atoms with Crippen molar-refractivity contribution in [1.29, 1.82) is 0 Å². The first-order chi connectivity index (χ1) is 6.66. The molecule has 4 nitrogen and oxygen atoms in total. The lowest BCUT2D eigenvalue weighted by Gasteiger charge is -2.10. The molecule has 1 aliphatic carbocycles. The number of hydrogen-bond acceptors (Lipinski definition) is 3. The van der Waals surface area contributed by atoms with Gasteiger partial charge in [0, 0.05) is 13.1 Å². The molecular formula is C10H19ClN2O2. The van der Waals surface area contributed by atoms with E-state index in [1.807, 2.05) is 0 Å². The van der Waals surface area contributed by atoms with Gasteiger partial charge in [-0.2, -0.15) is 0 Å². The minimum absolute atomic E-state index is 0. The molecule has 88 valence electrons. The molecule has 1 heterocycles. The van der Waals surface area contributed by atoms with Crippen LogP contribution in [0, 0.1) is 11.8 Å². The Kier molecular flexibility index (Phi) is 4.37. The average molecular weight is 235 g/mol. The van der Waals surface area contributed by atoms with Crippen LogP contribution in [-0.2, 0) is 4.79 Å². The van der Waals surface area contributed by atoms with Gasteiger partial charge in [-0.05, 0) is 24.7 Å². The Balaban J connectivity index is 0.00000112. The highest BCUT2D eigenvalue weighted by molar-refractivity contribution is 5.85. The molecule has 0 spiro atoms. The first-order valence-corrected chi connectivity index (χ1v) is 5.36. The Bertz CT molecular complexity index is 237. The van der Waals surface area contributed by atoms with Crippen molar-refractivity contribution in [3.63, 3.8) is 0 Å². The molecule has 1 saturated carbocycles. The van der Waals surface area contributed by atoms with Crippen molar-refractivity contribution in [3.8, 4) is 0 Å². The third-order valence-corrected chi connectivity index (χ3v) is 3.24. The van der Waals surface area contributed by atoms with Gasteiger partial charge in [0.1, 0.15) is 0 Å². The molecule has 0 radical (unpaired) electrons. The maximum atomic E-state index is 11.5. The number of carbonyl (C=O) groups excluding carboxylic acids is 1. The van der Waals surface area contributed by atoms with E-state index in [1.165, 1.54) is 6.42 Å². The van der Waals surface area contributed by atoms with Gasteiger partial charge in [-0.3, -0.25) is 4.79 Å². The summed E-state index contributed by atoms with van der Waals surface area (Å²) in [7, 11) is 0. The van der Waals surface area contributed by atoms with Gasteiger partial charge >= 0.3 is 0 Å². The fourth-order valence-corrected chi connectivity index (χ4v) is 1.96. The van der Waals surface area contributed by atoms with Crippen molar-refractivity contribution < 1.29 is 9.90 Å². The molecule has 2 aliphatic rings. The number of amides is 1. The molecule has 1 saturated heterocycles. The molecule has 3 N–H and O–H groups in total. The number of halogens is 1. The number of rotatable bonds is 3. The maximum Gasteiger partial charge on any atom is 0.237 e. The number of aliphatic hydroxyl groups is 1. The summed E-state index contributed by atoms with van der Waals surface area (Å²) in [5, 5.41) is 15.2. The topological polar surface area (TPSA) is 61.4 Å². The van der Waals surface area contributed by atoms with Crippen molar-refractivity contribution in [2.45, 2.75) is 31.9 Å². The van der Waals surface area contributed by atoms with Gasteiger partial charge in [0.05, 0.1) is 12.1 Å². The standard InChI is InChI=1S/C10H18N2O2.ClH/c1-6-2-7(6)4-12-10(14)9-3-8(13)5-11-9;/h6-9,11,13H,2-5H2,1H3,(H,12,14);1H/t6?,7?,8-,9-;/m1./s1. The van der Waals surface area contributed by atoms with Gasteiger partial charge in [-0.25, -0.2) is 0 Å². The molecule has 0 bridgehead atoms. The first kappa shape index (κ1) is 12.7. The second-order valence-electron chi connectivity index (χ2n) is 4.57. The Morgan fingerprint density at radius 2 is 2.20 bits per heavy atom. The second kappa shape index (κ2) is 5.14. The fourth-order valence-electron chi connectivity index (χ4n) is 1.96. The quantitative estimate of drug-likeness (QED) is 0.639. The van der Waals surface area contributed by atoms with Gasteiger partial charge in [-0.1, -0.05) is 6.92 Å². The lowest BCUT2D eigenvalue weighted by molar-refractivity contribution is -0.123. The van der Waals surface area contributed by atoms with Crippen LogP contribution in [-0.4, -0.2) is 36.2 Å². The second-order valence-corrected chi connectivity index (χ2v) is 4.57. The lowest BCUT2D eigenvalue weighted by atomic mass is 10.2. The van der Waals surface area contributed by atoms with Crippen LogP contribution in [0.25, 0.3) is 0 Å². The number of aliphatic hydroxyl groups excluding tert-OH is 1. The summed E-state index contributed by atoms with van der Waals surface area (Å²) >= 11 is 0. The molecular weight excluding hydrogens is 216 g/mol. The van der Waals surface area contributed by atoms with Gasteiger partial charge in [0.15, 0.2) is 0 Å². The fraction of sp³-hybridized carbons (Fsp3) is 0.900. The van der Waals surface area contributed by atoms with E-state index in [1.54, 1.807) is 0 Å². The van der Waals surface area contributed by atoms with Gasteiger partial charge in [0.2, 0.25) is 5.91 Å². The molecule has 0 aromatic heterocycles. The van der Waals surface area contributed by atoms with E-state index in [2.05, 4.69) is 17.6 Å². The van der Waals surface area contributed by atoms with Crippen LogP contribution < -0.4 is 10.6 Å². The molecule has 1 amide bonds. The summed E-state index contributed by atoms with van der Waals surface area (Å²) in [5.41, 5.74) is 0. The van der Waals surface area contributed by atoms with E-state index >= 15 is 0 Å². The molecule has 1 aliphatic heterocycles. The normalized spacial score (nSPS) is 38.3. The molecule has 5 heteroatoms. The molecule has 15 heavy (non-hydrogen) atoms. The summed E-state index contributed by atoms with van der Waals surface area (Å²) < 4.78 is 0. The first-order valence-electron chi connectivity index (χ1n) is 5.36. The Morgan fingerprint density at radius 1 is 1.53 bits per heavy atom. The Morgan fingerprint density at radius 3 is 2.67 bits per heavy atom. The average Bonchev–Trinajstić information content (AvgIpc) is 2.66. The third-order valence-electron chi connectivity index (χ3n) is 3.24. The predicted octanol–water partition coefficient (Wildman–Crippen LogP) is -0.0968. The van der Waals surface area contributed by atoms with Crippen LogP contribution in [0.4, 0.5) is 0 Å². The maximum absolute atomic E-state index is 11.5. The van der Waals surface area contributed by atoms with Gasteiger partial charge < -0.3 is 15.7 Å². The molecule has 0 aromatic rings. The monoisotopic (exact) mass is 234 g/mol. The van der Waals surface area contributed by atoms with E-state index < -0.39 is 0 Å². The zero-order valence-corrected chi connectivity index (χ0v) is 9.72. The lowest BCUT2D eigenvalue weighted by Crippen LogP contribution is -2.41. The molecule has 2 rings (SSSR count). The molecule has 0 aromatic carbocycles. The van der Waals surface area contributed by atoms with Crippen molar-refractivity contribution in [2.75, 3.05) is 13.1 Å². The Hall–Kier alpha value is -0.320. The van der Waals surface area contributed by atoms with Crippen LogP contribution in [0.3, 0.4) is 0 Å². The summed E-state index contributed by atoms with van der Waals surface area (Å²) in [5.74, 6) is 1.50. The summed E-state index contributed by atoms with van der Waals surface area (Å²) in [6.45, 7) is 3.54. The van der Waals surface area contributed by atoms with Crippen LogP contribution in [0.15, 0.2) is 0 Å². The van der Waals surface area contributed by atoms with Crippen LogP contribution in [0.5, 0.6) is 0 Å². The molecule has 2 unspecified atom stereocenters. The minimum Gasteiger partial charge on any atom is -0.392 e. The summed E-state index contributed by atoms with van der Waals surface area (Å²) in [6.07, 6.45) is 1.43. The van der Waals surface area contributed by atoms with E-state index in [0.717, 1.165) is 12.5 Å². The van der Waals surface area contributed by atoms with E-state index in [4.69, 9.17) is 0 Å². The van der Waals surface area contributed by atoms with Gasteiger partial charge in [0.25, 0.3) is 0 Å². The number of hydrogen-bond donors (Lipinski definition) is 3. The number of β-amino-alcohol motifs (C(OH)–C–C–N with tert-alkyl or cyclic N) is 1. The van der Waals surface area contributed by atoms with E-state index in [9.17, 15) is 9.90 Å². The molecule has 2 fully saturated rings. The summed E-state index contributed by atoms with van der Waals surface area (Å²) in [6, 6.07) is -0.181. The molecule has 4 atom stereocenters. The number of nitrogens with one attached hydrogen (secondary N) is 2. The smallest absolute Gasteiger partial charge is 0.237 e. The number of carbonyl (C=O) groups is 1. The van der Waals surface area contributed by atoms with Crippen molar-refractivity contribution in [3.05, 3.63) is 0 Å². The van der Waals surface area contributed by atoms with Crippen molar-refractivity contribution >= 4 is 18.3 Å². The highest BCUT2D eigenvalue weighted by atomic mass is 35.5. The summed E-state index contributed by atoms with van der Waals surface area (Å²) in [4.78, 5) is 11.5. The highest BCUT2D eigenvalue weighted by Crippen LogP contribution is 2.36. The minimum atomic E-state index is -0.356. The highest BCUT2D eigenvalue weighted by Gasteiger charge is 2.34. The van der Waals surface area contributed by atoms with E-state index in [0.29, 0.717) is 18.9 Å². The van der Waals surface area contributed by atoms with Crippen LogP contribution in [0.2, 0.25) is 0 Å². The van der Waals surface area contributed by atoms with Crippen LogP contribution >= 0.6 is 12.4 Å². The zero-order valence-electron chi connectivity index (χ0n) is 8.90. The van der Waals surface area contributed by atoms with E-state index in [-0.39, 0.29) is 30.5 Å². The van der Waals surface area contributed by atoms with Crippen molar-refractivity contribution in [2.24, 2.45) is 11.8 Å². The Labute approximate surface area is 96.2 Å². The van der Waals surface area contributed by atoms with Crippen molar-refractivity contribution in [1.82, 2.24) is 10.6 Å². The SMILES string of the molecule is CC1CC1CNC(=O)[C@H]1C[C@@H](O)CN1.Cl.